The number of H-pyrrole nitrogens is 1. The van der Waals surface area contributed by atoms with Gasteiger partial charge in [-0.25, -0.2) is 15.0 Å². The van der Waals surface area contributed by atoms with Crippen LogP contribution in [0, 0.1) is 0 Å². The van der Waals surface area contributed by atoms with Crippen molar-refractivity contribution in [1.29, 1.82) is 0 Å². The number of nitrogens with one attached hydrogen (secondary N) is 1. The van der Waals surface area contributed by atoms with Gasteiger partial charge in [0.05, 0.1) is 6.20 Å². The number of pyridine rings is 1. The van der Waals surface area contributed by atoms with E-state index in [0.29, 0.717) is 35.6 Å². The number of aryl methyl sites for hydroxylation is 1. The summed E-state index contributed by atoms with van der Waals surface area (Å²) in [5.41, 5.74) is 1.24. The molecule has 5 aromatic heterocycles. The van der Waals surface area contributed by atoms with Crippen molar-refractivity contribution in [3.05, 3.63) is 54.4 Å². The molecule has 0 fully saturated rings. The number of hydrogen-bond donors (Lipinski definition) is 1. The highest BCUT2D eigenvalue weighted by molar-refractivity contribution is 6.00. The first kappa shape index (κ1) is 20.4. The highest BCUT2D eigenvalue weighted by atomic mass is 19.4. The van der Waals surface area contributed by atoms with E-state index >= 15 is 0 Å². The number of hydrogen-bond acceptors (Lipinski definition) is 5. The predicted octanol–water partition coefficient (Wildman–Crippen LogP) is 3.63. The van der Waals surface area contributed by atoms with Gasteiger partial charge < -0.3 is 9.88 Å². The molecule has 0 aliphatic carbocycles. The van der Waals surface area contributed by atoms with Gasteiger partial charge in [0, 0.05) is 49.9 Å². The van der Waals surface area contributed by atoms with Crippen LogP contribution in [-0.2, 0) is 12.7 Å². The molecule has 5 aromatic rings. The van der Waals surface area contributed by atoms with Gasteiger partial charge in [0.1, 0.15) is 22.6 Å². The molecule has 34 heavy (non-hydrogen) atoms. The Balaban J connectivity index is 1.67. The number of aromatic amines is 1. The van der Waals surface area contributed by atoms with E-state index in [1.807, 2.05) is 0 Å². The second-order valence-electron chi connectivity index (χ2n) is 8.13. The fourth-order valence-corrected chi connectivity index (χ4v) is 4.30. The lowest BCUT2D eigenvalue weighted by molar-refractivity contribution is -0.141. The molecule has 1 amide bonds. The smallest absolute Gasteiger partial charge is 0.344 e. The van der Waals surface area contributed by atoms with Crippen molar-refractivity contribution in [1.82, 2.24) is 39.0 Å². The molecule has 0 aromatic carbocycles. The zero-order chi connectivity index (χ0) is 23.6. The number of rotatable bonds is 0. The summed E-state index contributed by atoms with van der Waals surface area (Å²) < 4.78 is 44.6. The molecular weight excluding hydrogens is 449 g/mol. The maximum absolute atomic E-state index is 13.9. The molecule has 0 saturated heterocycles. The van der Waals surface area contributed by atoms with Crippen LogP contribution >= 0.6 is 0 Å². The number of carbonyl (C=O) groups is 1. The van der Waals surface area contributed by atoms with Crippen LogP contribution in [0.2, 0.25) is 0 Å². The number of alkyl halides is 3. The van der Waals surface area contributed by atoms with Crippen LogP contribution in [0.5, 0.6) is 0 Å². The lowest BCUT2D eigenvalue weighted by atomic mass is 10.1. The minimum Gasteiger partial charge on any atom is -0.344 e. The van der Waals surface area contributed by atoms with Crippen LogP contribution in [0.25, 0.3) is 39.3 Å². The summed E-state index contributed by atoms with van der Waals surface area (Å²) in [5.74, 6) is -0.316. The molecule has 0 saturated carbocycles. The van der Waals surface area contributed by atoms with E-state index in [9.17, 15) is 18.0 Å². The Morgan fingerprint density at radius 3 is 2.79 bits per heavy atom. The summed E-state index contributed by atoms with van der Waals surface area (Å²) in [6.07, 6.45) is 1.82. The van der Waals surface area contributed by atoms with Crippen LogP contribution < -0.4 is 0 Å². The number of imidazole rings is 1. The number of amides is 1. The Hall–Kier alpha value is -4.22. The van der Waals surface area contributed by atoms with Crippen LogP contribution in [-0.4, -0.2) is 58.5 Å². The normalized spacial score (nSPS) is 14.7. The third-order valence-corrected chi connectivity index (χ3v) is 5.90. The van der Waals surface area contributed by atoms with Gasteiger partial charge in [0.25, 0.3) is 5.91 Å². The molecule has 6 heterocycles. The Kier molecular flexibility index (Phi) is 4.28. The maximum Gasteiger partial charge on any atom is 0.435 e. The molecule has 0 radical (unpaired) electrons. The van der Waals surface area contributed by atoms with Gasteiger partial charge in [-0.15, -0.1) is 0 Å². The van der Waals surface area contributed by atoms with Crippen molar-refractivity contribution in [3.8, 4) is 22.5 Å². The molecule has 4 bridgehead atoms. The van der Waals surface area contributed by atoms with Gasteiger partial charge in [0.2, 0.25) is 0 Å². The Morgan fingerprint density at radius 2 is 1.97 bits per heavy atom. The van der Waals surface area contributed by atoms with E-state index in [4.69, 9.17) is 0 Å². The van der Waals surface area contributed by atoms with Gasteiger partial charge in [-0.1, -0.05) is 6.07 Å². The molecular formula is C22H17F3N8O. The fraction of sp³-hybridized carbons (Fsp3) is 0.227. The minimum absolute atomic E-state index is 0.0787. The predicted molar refractivity (Wildman–Crippen MR) is 116 cm³/mol. The second-order valence-corrected chi connectivity index (χ2v) is 8.13. The zero-order valence-electron chi connectivity index (χ0n) is 17.8. The van der Waals surface area contributed by atoms with Crippen molar-refractivity contribution in [2.45, 2.75) is 19.1 Å². The van der Waals surface area contributed by atoms with E-state index in [1.165, 1.54) is 28.2 Å². The molecule has 0 atom stereocenters. The van der Waals surface area contributed by atoms with Crippen LogP contribution in [0.3, 0.4) is 0 Å². The topological polar surface area (TPSA) is 97.0 Å². The quantitative estimate of drug-likeness (QED) is 0.376. The first-order valence-electron chi connectivity index (χ1n) is 10.5. The van der Waals surface area contributed by atoms with E-state index in [1.54, 1.807) is 35.8 Å². The lowest BCUT2D eigenvalue weighted by Gasteiger charge is -2.17. The lowest BCUT2D eigenvalue weighted by Crippen LogP contribution is -2.29. The highest BCUT2D eigenvalue weighted by Crippen LogP contribution is 2.39. The number of fused-ring (bicyclic) bond motifs is 8. The van der Waals surface area contributed by atoms with E-state index in [0.717, 1.165) is 0 Å². The van der Waals surface area contributed by atoms with Gasteiger partial charge >= 0.3 is 6.18 Å². The number of nitrogens with zero attached hydrogens (tertiary/aromatic N) is 7. The molecule has 9 nitrogen and oxygen atoms in total. The molecule has 0 spiro atoms. The van der Waals surface area contributed by atoms with Crippen LogP contribution in [0.1, 0.15) is 22.6 Å². The van der Waals surface area contributed by atoms with Gasteiger partial charge in [-0.3, -0.25) is 13.9 Å². The third-order valence-electron chi connectivity index (χ3n) is 5.90. The summed E-state index contributed by atoms with van der Waals surface area (Å²) in [5, 5.41) is 3.80. The van der Waals surface area contributed by atoms with Crippen molar-refractivity contribution in [2.75, 3.05) is 13.6 Å². The Bertz CT molecular complexity index is 1580. The standard InChI is InChI=1S/C22H17F3N8O/c1-31-6-4-7-32-11-13(19(30-32)22(23,24)25)12-9-26-20-16(12)28-14(10-27-20)18-17(21(31)34)29-15-5-2-3-8-33(15)18/h2-3,5,8-11H,4,6-7H2,1H3,(H,26,27). The molecule has 6 rings (SSSR count). The Morgan fingerprint density at radius 1 is 1.12 bits per heavy atom. The average molecular weight is 466 g/mol. The summed E-state index contributed by atoms with van der Waals surface area (Å²) in [7, 11) is 1.64. The fourth-order valence-electron chi connectivity index (χ4n) is 4.30. The van der Waals surface area contributed by atoms with Crippen molar-refractivity contribution < 1.29 is 18.0 Å². The van der Waals surface area contributed by atoms with Gasteiger partial charge in [-0.05, 0) is 18.6 Å². The van der Waals surface area contributed by atoms with E-state index in [-0.39, 0.29) is 34.8 Å². The monoisotopic (exact) mass is 466 g/mol. The largest absolute Gasteiger partial charge is 0.435 e. The average Bonchev–Trinajstić information content (AvgIpc) is 3.51. The number of halogens is 3. The van der Waals surface area contributed by atoms with E-state index in [2.05, 4.69) is 25.0 Å². The molecule has 1 aliphatic heterocycles. The summed E-state index contributed by atoms with van der Waals surface area (Å²) in [6, 6.07) is 5.37. The summed E-state index contributed by atoms with van der Waals surface area (Å²) in [4.78, 5) is 31.3. The summed E-state index contributed by atoms with van der Waals surface area (Å²) in [6.45, 7) is 0.515. The van der Waals surface area contributed by atoms with Crippen LogP contribution in [0.4, 0.5) is 13.2 Å². The molecule has 1 aliphatic rings. The van der Waals surface area contributed by atoms with Crippen molar-refractivity contribution in [3.63, 3.8) is 0 Å². The Labute approximate surface area is 189 Å². The molecule has 1 N–H and O–H groups in total. The molecule has 0 unspecified atom stereocenters. The van der Waals surface area contributed by atoms with E-state index < -0.39 is 11.9 Å². The van der Waals surface area contributed by atoms with Crippen molar-refractivity contribution in [2.24, 2.45) is 0 Å². The van der Waals surface area contributed by atoms with Crippen molar-refractivity contribution >= 4 is 22.7 Å². The maximum atomic E-state index is 13.9. The first-order chi connectivity index (χ1) is 16.3. The minimum atomic E-state index is -4.65. The van der Waals surface area contributed by atoms with Gasteiger partial charge in [0.15, 0.2) is 17.0 Å². The number of aromatic nitrogens is 7. The second kappa shape index (κ2) is 7.14. The van der Waals surface area contributed by atoms with Gasteiger partial charge in [-0.2, -0.15) is 18.3 Å². The van der Waals surface area contributed by atoms with Crippen LogP contribution in [0.15, 0.2) is 43.0 Å². The first-order valence-corrected chi connectivity index (χ1v) is 10.5. The zero-order valence-corrected chi connectivity index (χ0v) is 17.8. The highest BCUT2D eigenvalue weighted by Gasteiger charge is 2.38. The molecule has 172 valence electrons. The molecule has 12 heteroatoms. The third kappa shape index (κ3) is 3.05. The summed E-state index contributed by atoms with van der Waals surface area (Å²) >= 11 is 0. The number of carbonyl (C=O) groups excluding carboxylic acids is 1. The SMILES string of the molecule is CN1CCCn2cc(c(C(F)(F)F)n2)-c2c[nH]c3ncc(nc23)-c2c(nc3ccccn23)C1=O.